The van der Waals surface area contributed by atoms with Gasteiger partial charge in [0.15, 0.2) is 0 Å². The largest absolute Gasteiger partial charge is 0.466 e. The number of ether oxygens (including phenoxy) is 2. The molecule has 4 heteroatoms. The fourth-order valence-corrected chi connectivity index (χ4v) is 1.14. The fourth-order valence-electron chi connectivity index (χ4n) is 1.14. The Hall–Kier alpha value is -1.06. The SMILES string of the molecule is CCCOC(=O)CCC(=O)OCCC(C)CC. The molecule has 1 unspecified atom stereocenters. The van der Waals surface area contributed by atoms with Crippen LogP contribution in [0, 0.1) is 5.92 Å². The Bertz CT molecular complexity index is 225. The van der Waals surface area contributed by atoms with Crippen LogP contribution in [0.4, 0.5) is 0 Å². The van der Waals surface area contributed by atoms with Crippen molar-refractivity contribution in [2.24, 2.45) is 5.92 Å². The van der Waals surface area contributed by atoms with Gasteiger partial charge in [0.05, 0.1) is 26.1 Å². The zero-order chi connectivity index (χ0) is 13.1. The van der Waals surface area contributed by atoms with Crippen LogP contribution in [0.5, 0.6) is 0 Å². The lowest BCUT2D eigenvalue weighted by atomic mass is 10.1. The van der Waals surface area contributed by atoms with E-state index in [1.165, 1.54) is 0 Å². The van der Waals surface area contributed by atoms with Crippen molar-refractivity contribution < 1.29 is 19.1 Å². The highest BCUT2D eigenvalue weighted by atomic mass is 16.5. The lowest BCUT2D eigenvalue weighted by Crippen LogP contribution is -2.12. The maximum atomic E-state index is 11.3. The van der Waals surface area contributed by atoms with Crippen molar-refractivity contribution in [3.63, 3.8) is 0 Å². The van der Waals surface area contributed by atoms with E-state index in [2.05, 4.69) is 13.8 Å². The maximum Gasteiger partial charge on any atom is 0.306 e. The third kappa shape index (κ3) is 9.85. The summed E-state index contributed by atoms with van der Waals surface area (Å²) < 4.78 is 9.88. The summed E-state index contributed by atoms with van der Waals surface area (Å²) in [6.45, 7) is 7.02. The van der Waals surface area contributed by atoms with E-state index in [4.69, 9.17) is 9.47 Å². The van der Waals surface area contributed by atoms with E-state index >= 15 is 0 Å². The van der Waals surface area contributed by atoms with Crippen LogP contribution in [-0.4, -0.2) is 25.2 Å². The van der Waals surface area contributed by atoms with E-state index in [1.807, 2.05) is 6.92 Å². The molecule has 0 amide bonds. The molecule has 0 radical (unpaired) electrons. The number of hydrogen-bond donors (Lipinski definition) is 0. The van der Waals surface area contributed by atoms with Crippen molar-refractivity contribution in [1.82, 2.24) is 0 Å². The average molecular weight is 244 g/mol. The summed E-state index contributed by atoms with van der Waals surface area (Å²) in [4.78, 5) is 22.4. The molecule has 0 N–H and O–H groups in total. The van der Waals surface area contributed by atoms with Gasteiger partial charge >= 0.3 is 11.9 Å². The maximum absolute atomic E-state index is 11.3. The van der Waals surface area contributed by atoms with Gasteiger partial charge in [-0.2, -0.15) is 0 Å². The number of carbonyl (C=O) groups is 2. The van der Waals surface area contributed by atoms with Crippen LogP contribution in [0.15, 0.2) is 0 Å². The van der Waals surface area contributed by atoms with Gasteiger partial charge in [-0.3, -0.25) is 9.59 Å². The van der Waals surface area contributed by atoms with Crippen molar-refractivity contribution in [3.8, 4) is 0 Å². The molecule has 0 saturated carbocycles. The van der Waals surface area contributed by atoms with Gasteiger partial charge in [0.1, 0.15) is 0 Å². The fraction of sp³-hybridized carbons (Fsp3) is 0.846. The monoisotopic (exact) mass is 244 g/mol. The molecule has 0 saturated heterocycles. The van der Waals surface area contributed by atoms with E-state index in [0.29, 0.717) is 19.1 Å². The van der Waals surface area contributed by atoms with Crippen LogP contribution >= 0.6 is 0 Å². The number of rotatable bonds is 9. The van der Waals surface area contributed by atoms with Crippen molar-refractivity contribution in [2.45, 2.75) is 52.9 Å². The first-order valence-electron chi connectivity index (χ1n) is 6.41. The second-order valence-corrected chi connectivity index (χ2v) is 4.24. The first-order chi connectivity index (χ1) is 8.10. The molecule has 0 bridgehead atoms. The lowest BCUT2D eigenvalue weighted by Gasteiger charge is -2.08. The predicted octanol–water partition coefficient (Wildman–Crippen LogP) is 2.70. The van der Waals surface area contributed by atoms with Crippen LogP contribution in [-0.2, 0) is 19.1 Å². The summed E-state index contributed by atoms with van der Waals surface area (Å²) in [5.74, 6) is -0.0789. The van der Waals surface area contributed by atoms with E-state index in [0.717, 1.165) is 19.3 Å². The highest BCUT2D eigenvalue weighted by Crippen LogP contribution is 2.06. The quantitative estimate of drug-likeness (QED) is 0.585. The van der Waals surface area contributed by atoms with Gasteiger partial charge in [-0.25, -0.2) is 0 Å². The standard InChI is InChI=1S/C13H24O4/c1-4-9-16-12(14)6-7-13(15)17-10-8-11(3)5-2/h11H,4-10H2,1-3H3. The van der Waals surface area contributed by atoms with E-state index in [-0.39, 0.29) is 24.8 Å². The normalized spacial score (nSPS) is 11.9. The summed E-state index contributed by atoms with van der Waals surface area (Å²) >= 11 is 0. The summed E-state index contributed by atoms with van der Waals surface area (Å²) in [5, 5.41) is 0. The van der Waals surface area contributed by atoms with Gasteiger partial charge in [-0.05, 0) is 18.8 Å². The molecule has 0 heterocycles. The first-order valence-corrected chi connectivity index (χ1v) is 6.41. The number of hydrogen-bond acceptors (Lipinski definition) is 4. The van der Waals surface area contributed by atoms with Gasteiger partial charge in [0, 0.05) is 0 Å². The minimum Gasteiger partial charge on any atom is -0.466 e. The molecule has 0 aromatic rings. The minimum absolute atomic E-state index is 0.113. The third-order valence-electron chi connectivity index (χ3n) is 2.57. The molecular formula is C13H24O4. The van der Waals surface area contributed by atoms with Crippen LogP contribution in [0.25, 0.3) is 0 Å². The van der Waals surface area contributed by atoms with Crippen molar-refractivity contribution in [3.05, 3.63) is 0 Å². The molecule has 4 nitrogen and oxygen atoms in total. The molecule has 0 aliphatic rings. The van der Waals surface area contributed by atoms with Crippen LogP contribution < -0.4 is 0 Å². The van der Waals surface area contributed by atoms with Gasteiger partial charge in [0.25, 0.3) is 0 Å². The van der Waals surface area contributed by atoms with Crippen LogP contribution in [0.3, 0.4) is 0 Å². The molecule has 0 spiro atoms. The Morgan fingerprint density at radius 1 is 1.00 bits per heavy atom. The predicted molar refractivity (Wildman–Crippen MR) is 65.5 cm³/mol. The second kappa shape index (κ2) is 10.1. The molecule has 0 aromatic heterocycles. The second-order valence-electron chi connectivity index (χ2n) is 4.24. The molecule has 0 aliphatic heterocycles. The number of carbonyl (C=O) groups excluding carboxylic acids is 2. The van der Waals surface area contributed by atoms with Gasteiger partial charge in [0.2, 0.25) is 0 Å². The molecule has 17 heavy (non-hydrogen) atoms. The Balaban J connectivity index is 3.49. The molecule has 0 fully saturated rings. The summed E-state index contributed by atoms with van der Waals surface area (Å²) in [6.07, 6.45) is 2.99. The van der Waals surface area contributed by atoms with Crippen molar-refractivity contribution >= 4 is 11.9 Å². The highest BCUT2D eigenvalue weighted by molar-refractivity contribution is 5.77. The van der Waals surface area contributed by atoms with Crippen molar-refractivity contribution in [1.29, 1.82) is 0 Å². The van der Waals surface area contributed by atoms with Crippen LogP contribution in [0.2, 0.25) is 0 Å². The Labute approximate surface area is 104 Å². The Morgan fingerprint density at radius 3 is 2.00 bits per heavy atom. The van der Waals surface area contributed by atoms with Gasteiger partial charge in [-0.15, -0.1) is 0 Å². The van der Waals surface area contributed by atoms with Gasteiger partial charge < -0.3 is 9.47 Å². The van der Waals surface area contributed by atoms with E-state index in [9.17, 15) is 9.59 Å². The van der Waals surface area contributed by atoms with E-state index in [1.54, 1.807) is 0 Å². The molecule has 0 aliphatic carbocycles. The summed E-state index contributed by atoms with van der Waals surface area (Å²) in [5.41, 5.74) is 0. The molecule has 1 atom stereocenters. The average Bonchev–Trinajstić information content (AvgIpc) is 2.33. The topological polar surface area (TPSA) is 52.6 Å². The molecular weight excluding hydrogens is 220 g/mol. The number of esters is 2. The third-order valence-corrected chi connectivity index (χ3v) is 2.57. The molecule has 0 rings (SSSR count). The summed E-state index contributed by atoms with van der Waals surface area (Å²) in [7, 11) is 0. The molecule has 100 valence electrons. The highest BCUT2D eigenvalue weighted by Gasteiger charge is 2.09. The first kappa shape index (κ1) is 15.9. The molecule has 0 aromatic carbocycles. The van der Waals surface area contributed by atoms with Crippen molar-refractivity contribution in [2.75, 3.05) is 13.2 Å². The Morgan fingerprint density at radius 2 is 1.53 bits per heavy atom. The van der Waals surface area contributed by atoms with Crippen LogP contribution in [0.1, 0.15) is 52.9 Å². The lowest BCUT2D eigenvalue weighted by molar-refractivity contribution is -0.150. The zero-order valence-corrected chi connectivity index (χ0v) is 11.2. The smallest absolute Gasteiger partial charge is 0.306 e. The minimum atomic E-state index is -0.328. The van der Waals surface area contributed by atoms with E-state index < -0.39 is 0 Å². The summed E-state index contributed by atoms with van der Waals surface area (Å²) in [6, 6.07) is 0. The van der Waals surface area contributed by atoms with Gasteiger partial charge in [-0.1, -0.05) is 27.2 Å². The Kier molecular flexibility index (Phi) is 9.49. The zero-order valence-electron chi connectivity index (χ0n) is 11.2.